The van der Waals surface area contributed by atoms with E-state index in [9.17, 15) is 14.3 Å². The number of aliphatic hydroxyl groups excluding tert-OH is 1. The zero-order chi connectivity index (χ0) is 15.4. The van der Waals surface area contributed by atoms with Crippen molar-refractivity contribution in [2.45, 2.75) is 32.3 Å². The minimum atomic E-state index is -0.401. The molecule has 2 N–H and O–H groups in total. The van der Waals surface area contributed by atoms with Crippen LogP contribution >= 0.6 is 0 Å². The van der Waals surface area contributed by atoms with Gasteiger partial charge in [0.1, 0.15) is 5.82 Å². The van der Waals surface area contributed by atoms with Crippen LogP contribution in [0.2, 0.25) is 0 Å². The summed E-state index contributed by atoms with van der Waals surface area (Å²) in [4.78, 5) is 14.1. The summed E-state index contributed by atoms with van der Waals surface area (Å²) >= 11 is 0. The van der Waals surface area contributed by atoms with E-state index in [-0.39, 0.29) is 17.7 Å². The Morgan fingerprint density at radius 3 is 2.81 bits per heavy atom. The molecule has 0 saturated heterocycles. The number of aliphatic hydroxyl groups is 1. The minimum absolute atomic E-state index is 0.186. The van der Waals surface area contributed by atoms with Crippen LogP contribution < -0.4 is 5.32 Å². The van der Waals surface area contributed by atoms with Crippen LogP contribution in [0.15, 0.2) is 18.2 Å². The van der Waals surface area contributed by atoms with Gasteiger partial charge in [0.25, 0.3) is 5.91 Å². The number of nitrogens with zero attached hydrogens (tertiary/aromatic N) is 1. The molecule has 116 valence electrons. The summed E-state index contributed by atoms with van der Waals surface area (Å²) < 4.78 is 13.9. The number of rotatable bonds is 6. The molecular formula is C16H23FN2O2. The molecule has 0 aromatic heterocycles. The number of para-hydroxylation sites is 1. The van der Waals surface area contributed by atoms with Crippen LogP contribution in [-0.2, 0) is 0 Å². The third-order valence-corrected chi connectivity index (χ3v) is 3.89. The van der Waals surface area contributed by atoms with E-state index in [2.05, 4.69) is 5.32 Å². The molecule has 0 atom stereocenters. The Labute approximate surface area is 125 Å². The third-order valence-electron chi connectivity index (χ3n) is 3.89. The molecule has 5 heteroatoms. The number of benzene rings is 1. The van der Waals surface area contributed by atoms with E-state index >= 15 is 0 Å². The molecule has 1 aromatic carbocycles. The Kier molecular flexibility index (Phi) is 5.17. The molecule has 0 aliphatic heterocycles. The molecule has 0 heterocycles. The van der Waals surface area contributed by atoms with Gasteiger partial charge in [-0.2, -0.15) is 0 Å². The first kappa shape index (κ1) is 15.8. The maximum atomic E-state index is 13.9. The standard InChI is InChI=1S/C16H23FN2O2/c1-3-7-18-15-13(5-4-6-14(15)17)16(21)19(2)10-11-8-12(20)9-11/h4-6,11-12,18,20H,3,7-10H2,1-2H3. The largest absolute Gasteiger partial charge is 0.393 e. The van der Waals surface area contributed by atoms with E-state index in [1.807, 2.05) is 6.92 Å². The lowest BCUT2D eigenvalue weighted by Gasteiger charge is -2.34. The van der Waals surface area contributed by atoms with Crippen LogP contribution in [0.5, 0.6) is 0 Å². The predicted molar refractivity (Wildman–Crippen MR) is 80.9 cm³/mol. The molecule has 1 aliphatic rings. The average molecular weight is 294 g/mol. The first-order valence-corrected chi connectivity index (χ1v) is 7.48. The van der Waals surface area contributed by atoms with Crippen LogP contribution in [-0.4, -0.2) is 42.2 Å². The highest BCUT2D eigenvalue weighted by molar-refractivity contribution is 5.99. The summed E-state index contributed by atoms with van der Waals surface area (Å²) in [5.74, 6) is -0.245. The summed E-state index contributed by atoms with van der Waals surface area (Å²) in [6.07, 6.45) is 2.11. The van der Waals surface area contributed by atoms with Crippen LogP contribution in [0.25, 0.3) is 0 Å². The van der Waals surface area contributed by atoms with Crippen molar-refractivity contribution >= 4 is 11.6 Å². The monoisotopic (exact) mass is 294 g/mol. The molecule has 1 aliphatic carbocycles. The first-order chi connectivity index (χ1) is 10.0. The highest BCUT2D eigenvalue weighted by atomic mass is 19.1. The van der Waals surface area contributed by atoms with Crippen molar-refractivity contribution in [2.24, 2.45) is 5.92 Å². The number of anilines is 1. The fraction of sp³-hybridized carbons (Fsp3) is 0.562. The van der Waals surface area contributed by atoms with E-state index in [1.165, 1.54) is 6.07 Å². The molecule has 1 amide bonds. The molecule has 2 rings (SSSR count). The number of hydrogen-bond acceptors (Lipinski definition) is 3. The maximum absolute atomic E-state index is 13.9. The van der Waals surface area contributed by atoms with Gasteiger partial charge in [-0.05, 0) is 37.3 Å². The minimum Gasteiger partial charge on any atom is -0.393 e. The smallest absolute Gasteiger partial charge is 0.255 e. The second-order valence-electron chi connectivity index (χ2n) is 5.77. The van der Waals surface area contributed by atoms with Crippen molar-refractivity contribution in [1.29, 1.82) is 0 Å². The molecular weight excluding hydrogens is 271 g/mol. The van der Waals surface area contributed by atoms with E-state index in [4.69, 9.17) is 0 Å². The number of halogens is 1. The van der Waals surface area contributed by atoms with Crippen LogP contribution in [0, 0.1) is 11.7 Å². The van der Waals surface area contributed by atoms with Crippen molar-refractivity contribution < 1.29 is 14.3 Å². The fourth-order valence-electron chi connectivity index (χ4n) is 2.66. The number of amides is 1. The predicted octanol–water partition coefficient (Wildman–Crippen LogP) is 2.49. The third kappa shape index (κ3) is 3.73. The van der Waals surface area contributed by atoms with Gasteiger partial charge in [0.05, 0.1) is 17.4 Å². The number of carbonyl (C=O) groups is 1. The van der Waals surface area contributed by atoms with Crippen molar-refractivity contribution in [3.63, 3.8) is 0 Å². The van der Waals surface area contributed by atoms with E-state index in [1.54, 1.807) is 24.1 Å². The highest BCUT2D eigenvalue weighted by Gasteiger charge is 2.29. The van der Waals surface area contributed by atoms with Gasteiger partial charge in [-0.25, -0.2) is 4.39 Å². The first-order valence-electron chi connectivity index (χ1n) is 7.48. The van der Waals surface area contributed by atoms with Crippen molar-refractivity contribution in [2.75, 3.05) is 25.5 Å². The summed E-state index contributed by atoms with van der Waals surface area (Å²) in [5, 5.41) is 12.3. The summed E-state index contributed by atoms with van der Waals surface area (Å²) in [6, 6.07) is 4.56. The summed E-state index contributed by atoms with van der Waals surface area (Å²) in [5.41, 5.74) is 0.649. The second kappa shape index (κ2) is 6.89. The van der Waals surface area contributed by atoms with Gasteiger partial charge in [0.2, 0.25) is 0 Å². The Hall–Kier alpha value is -1.62. The van der Waals surface area contributed by atoms with Gasteiger partial charge in [-0.1, -0.05) is 13.0 Å². The van der Waals surface area contributed by atoms with Crippen molar-refractivity contribution in [1.82, 2.24) is 4.90 Å². The molecule has 0 spiro atoms. The number of carbonyl (C=O) groups excluding carboxylic acids is 1. The molecule has 1 fully saturated rings. The molecule has 0 unspecified atom stereocenters. The van der Waals surface area contributed by atoms with Crippen LogP contribution in [0.1, 0.15) is 36.5 Å². The highest BCUT2D eigenvalue weighted by Crippen LogP contribution is 2.28. The van der Waals surface area contributed by atoms with Gasteiger partial charge in [0, 0.05) is 20.1 Å². The van der Waals surface area contributed by atoms with Crippen molar-refractivity contribution in [3.8, 4) is 0 Å². The molecule has 1 saturated carbocycles. The Morgan fingerprint density at radius 1 is 1.48 bits per heavy atom. The van der Waals surface area contributed by atoms with Gasteiger partial charge in [-0.3, -0.25) is 4.79 Å². The van der Waals surface area contributed by atoms with Gasteiger partial charge in [0.15, 0.2) is 0 Å². The molecule has 21 heavy (non-hydrogen) atoms. The topological polar surface area (TPSA) is 52.6 Å². The number of nitrogens with one attached hydrogen (secondary N) is 1. The quantitative estimate of drug-likeness (QED) is 0.847. The Bertz CT molecular complexity index is 501. The van der Waals surface area contributed by atoms with Crippen LogP contribution in [0.4, 0.5) is 10.1 Å². The zero-order valence-corrected chi connectivity index (χ0v) is 12.6. The lowest BCUT2D eigenvalue weighted by molar-refractivity contribution is 0.0265. The fourth-order valence-corrected chi connectivity index (χ4v) is 2.66. The Morgan fingerprint density at radius 2 is 2.19 bits per heavy atom. The normalized spacial score (nSPS) is 20.8. The zero-order valence-electron chi connectivity index (χ0n) is 12.6. The lowest BCUT2D eigenvalue weighted by atomic mass is 9.82. The summed E-state index contributed by atoms with van der Waals surface area (Å²) in [6.45, 7) is 3.21. The second-order valence-corrected chi connectivity index (χ2v) is 5.77. The van der Waals surface area contributed by atoms with Crippen LogP contribution in [0.3, 0.4) is 0 Å². The van der Waals surface area contributed by atoms with E-state index < -0.39 is 5.82 Å². The molecule has 4 nitrogen and oxygen atoms in total. The molecule has 0 radical (unpaired) electrons. The van der Waals surface area contributed by atoms with Gasteiger partial charge >= 0.3 is 0 Å². The van der Waals surface area contributed by atoms with Crippen molar-refractivity contribution in [3.05, 3.63) is 29.6 Å². The lowest BCUT2D eigenvalue weighted by Crippen LogP contribution is -2.39. The summed E-state index contributed by atoms with van der Waals surface area (Å²) in [7, 11) is 1.72. The van der Waals surface area contributed by atoms with Gasteiger partial charge in [-0.15, -0.1) is 0 Å². The maximum Gasteiger partial charge on any atom is 0.255 e. The van der Waals surface area contributed by atoms with Gasteiger partial charge < -0.3 is 15.3 Å². The Balaban J connectivity index is 2.08. The molecule has 1 aromatic rings. The molecule has 0 bridgehead atoms. The number of hydrogen-bond donors (Lipinski definition) is 2. The van der Waals surface area contributed by atoms with E-state index in [0.717, 1.165) is 19.3 Å². The SMILES string of the molecule is CCCNc1c(F)cccc1C(=O)N(C)CC1CC(O)C1. The average Bonchev–Trinajstić information content (AvgIpc) is 2.43. The van der Waals surface area contributed by atoms with E-state index in [0.29, 0.717) is 24.6 Å².